The second kappa shape index (κ2) is 6.60. The number of carbonyl (C=O) groups excluding carboxylic acids is 1. The maximum Gasteiger partial charge on any atom is 0.262 e. The van der Waals surface area contributed by atoms with Gasteiger partial charge in [0.05, 0.1) is 12.8 Å². The number of methoxy groups -OCH3 is 1. The number of benzene rings is 2. The number of fused-ring (bicyclic) bond motifs is 1. The highest BCUT2D eigenvalue weighted by molar-refractivity contribution is 5.95. The molecule has 1 aliphatic heterocycles. The van der Waals surface area contributed by atoms with E-state index in [2.05, 4.69) is 29.7 Å². The molecule has 0 spiro atoms. The van der Waals surface area contributed by atoms with E-state index in [9.17, 15) is 4.79 Å². The molecule has 1 aliphatic rings. The maximum absolute atomic E-state index is 11.3. The van der Waals surface area contributed by atoms with Gasteiger partial charge in [-0.25, -0.2) is 0 Å². The number of rotatable bonds is 5. The first-order valence-electron chi connectivity index (χ1n) is 7.60. The quantitative estimate of drug-likeness (QED) is 0.891. The highest BCUT2D eigenvalue weighted by atomic mass is 16.5. The van der Waals surface area contributed by atoms with Gasteiger partial charge in [0.25, 0.3) is 5.91 Å². The molecule has 3 rings (SSSR count). The van der Waals surface area contributed by atoms with Crippen molar-refractivity contribution >= 4 is 17.3 Å². The van der Waals surface area contributed by atoms with E-state index in [-0.39, 0.29) is 18.6 Å². The van der Waals surface area contributed by atoms with Crippen LogP contribution in [-0.2, 0) is 11.2 Å². The Hall–Kier alpha value is -2.69. The molecule has 1 unspecified atom stereocenters. The van der Waals surface area contributed by atoms with E-state index in [0.717, 1.165) is 23.5 Å². The molecule has 0 saturated carbocycles. The summed E-state index contributed by atoms with van der Waals surface area (Å²) >= 11 is 0. The SMILES string of the molecule is COc1ccc(CC(C)Nc2ccc3c(c2)OCC(=O)N3)cc1. The van der Waals surface area contributed by atoms with Crippen LogP contribution in [0.25, 0.3) is 0 Å². The summed E-state index contributed by atoms with van der Waals surface area (Å²) in [5.74, 6) is 1.44. The summed E-state index contributed by atoms with van der Waals surface area (Å²) in [6.45, 7) is 2.20. The highest BCUT2D eigenvalue weighted by Gasteiger charge is 2.16. The topological polar surface area (TPSA) is 59.6 Å². The van der Waals surface area contributed by atoms with E-state index in [1.165, 1.54) is 5.56 Å². The first kappa shape index (κ1) is 15.2. The van der Waals surface area contributed by atoms with Gasteiger partial charge in [0.2, 0.25) is 0 Å². The van der Waals surface area contributed by atoms with E-state index in [4.69, 9.17) is 9.47 Å². The summed E-state index contributed by atoms with van der Waals surface area (Å²) in [5.41, 5.74) is 2.93. The van der Waals surface area contributed by atoms with Crippen molar-refractivity contribution in [2.75, 3.05) is 24.4 Å². The van der Waals surface area contributed by atoms with Crippen LogP contribution in [0.15, 0.2) is 42.5 Å². The number of carbonyl (C=O) groups is 1. The van der Waals surface area contributed by atoms with Gasteiger partial charge in [-0.1, -0.05) is 12.1 Å². The third-order valence-electron chi connectivity index (χ3n) is 3.73. The van der Waals surface area contributed by atoms with Crippen LogP contribution >= 0.6 is 0 Å². The van der Waals surface area contributed by atoms with Crippen molar-refractivity contribution in [3.63, 3.8) is 0 Å². The van der Waals surface area contributed by atoms with E-state index in [1.807, 2.05) is 30.3 Å². The minimum atomic E-state index is -0.119. The highest BCUT2D eigenvalue weighted by Crippen LogP contribution is 2.30. The van der Waals surface area contributed by atoms with Crippen molar-refractivity contribution in [1.82, 2.24) is 0 Å². The number of nitrogens with one attached hydrogen (secondary N) is 2. The smallest absolute Gasteiger partial charge is 0.262 e. The zero-order valence-corrected chi connectivity index (χ0v) is 13.3. The van der Waals surface area contributed by atoms with Crippen LogP contribution in [0.4, 0.5) is 11.4 Å². The molecule has 1 heterocycles. The fraction of sp³-hybridized carbons (Fsp3) is 0.278. The molecular weight excluding hydrogens is 292 g/mol. The molecule has 0 fully saturated rings. The zero-order chi connectivity index (χ0) is 16.2. The van der Waals surface area contributed by atoms with E-state index in [1.54, 1.807) is 7.11 Å². The van der Waals surface area contributed by atoms with Crippen LogP contribution in [0.1, 0.15) is 12.5 Å². The molecule has 0 saturated heterocycles. The van der Waals surface area contributed by atoms with E-state index >= 15 is 0 Å². The number of amides is 1. The van der Waals surface area contributed by atoms with Crippen molar-refractivity contribution < 1.29 is 14.3 Å². The summed E-state index contributed by atoms with van der Waals surface area (Å²) in [7, 11) is 1.67. The Bertz CT molecular complexity index is 698. The van der Waals surface area contributed by atoms with Gasteiger partial charge in [0, 0.05) is 17.8 Å². The van der Waals surface area contributed by atoms with Gasteiger partial charge in [0.15, 0.2) is 6.61 Å². The van der Waals surface area contributed by atoms with E-state index in [0.29, 0.717) is 5.75 Å². The lowest BCUT2D eigenvalue weighted by Crippen LogP contribution is -2.25. The minimum absolute atomic E-state index is 0.0673. The summed E-state index contributed by atoms with van der Waals surface area (Å²) in [4.78, 5) is 11.3. The summed E-state index contributed by atoms with van der Waals surface area (Å²) in [6.07, 6.45) is 0.901. The predicted octanol–water partition coefficient (Wildman–Crippen LogP) is 3.07. The Morgan fingerprint density at radius 1 is 1.26 bits per heavy atom. The molecule has 2 aromatic carbocycles. The molecule has 0 aliphatic carbocycles. The van der Waals surface area contributed by atoms with Crippen molar-refractivity contribution in [3.8, 4) is 11.5 Å². The lowest BCUT2D eigenvalue weighted by Gasteiger charge is -2.20. The van der Waals surface area contributed by atoms with Crippen LogP contribution in [0.3, 0.4) is 0 Å². The standard InChI is InChI=1S/C18H20N2O3/c1-12(9-13-3-6-15(22-2)7-4-13)19-14-5-8-16-17(10-14)23-11-18(21)20-16/h3-8,10,12,19H,9,11H2,1-2H3,(H,20,21). The molecule has 5 heteroatoms. The lowest BCUT2D eigenvalue weighted by atomic mass is 10.1. The monoisotopic (exact) mass is 312 g/mol. The fourth-order valence-corrected chi connectivity index (χ4v) is 2.62. The molecule has 120 valence electrons. The summed E-state index contributed by atoms with van der Waals surface area (Å²) in [6, 6.07) is 14.1. The third-order valence-corrected chi connectivity index (χ3v) is 3.73. The van der Waals surface area contributed by atoms with Gasteiger partial charge in [-0.05, 0) is 43.2 Å². The zero-order valence-electron chi connectivity index (χ0n) is 13.3. The van der Waals surface area contributed by atoms with Crippen molar-refractivity contribution in [2.24, 2.45) is 0 Å². The average molecular weight is 312 g/mol. The molecule has 0 radical (unpaired) electrons. The van der Waals surface area contributed by atoms with Crippen LogP contribution in [0.5, 0.6) is 11.5 Å². The molecule has 0 bridgehead atoms. The Kier molecular flexibility index (Phi) is 4.37. The number of hydrogen-bond acceptors (Lipinski definition) is 4. The van der Waals surface area contributed by atoms with Gasteiger partial charge in [0.1, 0.15) is 11.5 Å². The summed E-state index contributed by atoms with van der Waals surface area (Å²) in [5, 5.41) is 6.24. The molecule has 2 N–H and O–H groups in total. The molecule has 23 heavy (non-hydrogen) atoms. The van der Waals surface area contributed by atoms with Crippen LogP contribution in [-0.4, -0.2) is 25.7 Å². The second-order valence-corrected chi connectivity index (χ2v) is 5.65. The second-order valence-electron chi connectivity index (χ2n) is 5.65. The first-order chi connectivity index (χ1) is 11.1. The minimum Gasteiger partial charge on any atom is -0.497 e. The van der Waals surface area contributed by atoms with Crippen molar-refractivity contribution in [2.45, 2.75) is 19.4 Å². The molecule has 1 atom stereocenters. The van der Waals surface area contributed by atoms with E-state index < -0.39 is 0 Å². The molecule has 0 aromatic heterocycles. The Morgan fingerprint density at radius 2 is 2.04 bits per heavy atom. The molecule has 1 amide bonds. The molecular formula is C18H20N2O3. The Morgan fingerprint density at radius 3 is 2.78 bits per heavy atom. The normalized spacial score (nSPS) is 14.3. The number of hydrogen-bond donors (Lipinski definition) is 2. The van der Waals surface area contributed by atoms with Gasteiger partial charge < -0.3 is 20.1 Å². The maximum atomic E-state index is 11.3. The lowest BCUT2D eigenvalue weighted by molar-refractivity contribution is -0.118. The number of anilines is 2. The van der Waals surface area contributed by atoms with Crippen LogP contribution in [0, 0.1) is 0 Å². The van der Waals surface area contributed by atoms with Crippen LogP contribution < -0.4 is 20.1 Å². The van der Waals surface area contributed by atoms with Crippen LogP contribution in [0.2, 0.25) is 0 Å². The van der Waals surface area contributed by atoms with Crippen molar-refractivity contribution in [1.29, 1.82) is 0 Å². The van der Waals surface area contributed by atoms with Crippen molar-refractivity contribution in [3.05, 3.63) is 48.0 Å². The third kappa shape index (κ3) is 3.74. The van der Waals surface area contributed by atoms with Gasteiger partial charge in [-0.15, -0.1) is 0 Å². The Balaban J connectivity index is 1.63. The fourth-order valence-electron chi connectivity index (χ4n) is 2.62. The number of ether oxygens (including phenoxy) is 2. The molecule has 2 aromatic rings. The predicted molar refractivity (Wildman–Crippen MR) is 90.3 cm³/mol. The van der Waals surface area contributed by atoms with Gasteiger partial charge in [-0.3, -0.25) is 4.79 Å². The van der Waals surface area contributed by atoms with Gasteiger partial charge in [-0.2, -0.15) is 0 Å². The van der Waals surface area contributed by atoms with Gasteiger partial charge >= 0.3 is 0 Å². The summed E-state index contributed by atoms with van der Waals surface area (Å²) < 4.78 is 10.6. The first-order valence-corrected chi connectivity index (χ1v) is 7.60. The largest absolute Gasteiger partial charge is 0.497 e. The Labute approximate surface area is 135 Å². The molecule has 5 nitrogen and oxygen atoms in total. The average Bonchev–Trinajstić information content (AvgIpc) is 2.55.